The van der Waals surface area contributed by atoms with E-state index in [1.54, 1.807) is 74.7 Å². The summed E-state index contributed by atoms with van der Waals surface area (Å²) >= 11 is 0. The number of carbonyl (C=O) groups excluding carboxylic acids is 2. The van der Waals surface area contributed by atoms with Crippen LogP contribution in [0.4, 0.5) is 5.69 Å². The van der Waals surface area contributed by atoms with Crippen molar-refractivity contribution in [1.29, 1.82) is 0 Å². The van der Waals surface area contributed by atoms with Crippen molar-refractivity contribution in [3.8, 4) is 5.75 Å². The van der Waals surface area contributed by atoms with Crippen molar-refractivity contribution in [2.75, 3.05) is 25.0 Å². The maximum Gasteiger partial charge on any atom is 0.264 e. The van der Waals surface area contributed by atoms with Crippen LogP contribution in [-0.4, -0.2) is 51.9 Å². The third-order valence-electron chi connectivity index (χ3n) is 5.83. The number of carbonyl (C=O) groups is 2. The summed E-state index contributed by atoms with van der Waals surface area (Å²) in [5.41, 5.74) is 1.99. The molecule has 0 aromatic heterocycles. The second-order valence-electron chi connectivity index (χ2n) is 8.32. The molecule has 0 radical (unpaired) electrons. The Morgan fingerprint density at radius 1 is 0.972 bits per heavy atom. The molecule has 3 aromatic carbocycles. The molecule has 8 nitrogen and oxygen atoms in total. The molecule has 9 heteroatoms. The first-order valence-corrected chi connectivity index (χ1v) is 12.9. The van der Waals surface area contributed by atoms with Crippen LogP contribution in [0.25, 0.3) is 0 Å². The van der Waals surface area contributed by atoms with Crippen molar-refractivity contribution in [2.24, 2.45) is 0 Å². The number of ether oxygens (including phenoxy) is 1. The minimum absolute atomic E-state index is 0.0698. The molecule has 2 amide bonds. The fourth-order valence-corrected chi connectivity index (χ4v) is 5.18. The molecule has 1 N–H and O–H groups in total. The summed E-state index contributed by atoms with van der Waals surface area (Å²) in [7, 11) is -1.01. The molecule has 0 unspecified atom stereocenters. The van der Waals surface area contributed by atoms with Crippen LogP contribution in [-0.2, 0) is 26.2 Å². The lowest BCUT2D eigenvalue weighted by Crippen LogP contribution is -2.50. The Balaban J connectivity index is 2.00. The maximum atomic E-state index is 13.7. The Bertz CT molecular complexity index is 1290. The summed E-state index contributed by atoms with van der Waals surface area (Å²) < 4.78 is 33.6. The predicted molar refractivity (Wildman–Crippen MR) is 139 cm³/mol. The van der Waals surface area contributed by atoms with Gasteiger partial charge in [0.1, 0.15) is 18.3 Å². The van der Waals surface area contributed by atoms with Crippen LogP contribution in [0.15, 0.2) is 83.8 Å². The van der Waals surface area contributed by atoms with Crippen LogP contribution < -0.4 is 14.4 Å². The van der Waals surface area contributed by atoms with Crippen molar-refractivity contribution >= 4 is 27.5 Å². The Hall–Kier alpha value is -3.85. The van der Waals surface area contributed by atoms with Gasteiger partial charge in [0.15, 0.2) is 0 Å². The van der Waals surface area contributed by atoms with Crippen LogP contribution >= 0.6 is 0 Å². The van der Waals surface area contributed by atoms with Gasteiger partial charge in [-0.3, -0.25) is 13.9 Å². The van der Waals surface area contributed by atoms with E-state index in [1.807, 2.05) is 13.0 Å². The molecule has 1 atom stereocenters. The van der Waals surface area contributed by atoms with E-state index in [2.05, 4.69) is 5.32 Å². The van der Waals surface area contributed by atoms with Gasteiger partial charge >= 0.3 is 0 Å². The summed E-state index contributed by atoms with van der Waals surface area (Å²) in [4.78, 5) is 27.7. The van der Waals surface area contributed by atoms with Gasteiger partial charge in [0, 0.05) is 13.6 Å². The van der Waals surface area contributed by atoms with Gasteiger partial charge in [0.2, 0.25) is 11.8 Å². The highest BCUT2D eigenvalue weighted by atomic mass is 32.2. The molecule has 190 valence electrons. The molecule has 0 heterocycles. The van der Waals surface area contributed by atoms with Crippen LogP contribution in [0.3, 0.4) is 0 Å². The lowest BCUT2D eigenvalue weighted by atomic mass is 10.1. The van der Waals surface area contributed by atoms with E-state index in [0.717, 1.165) is 15.4 Å². The minimum Gasteiger partial charge on any atom is -0.497 e. The minimum atomic E-state index is -4.06. The number of rotatable bonds is 10. The highest BCUT2D eigenvalue weighted by Gasteiger charge is 2.32. The van der Waals surface area contributed by atoms with Gasteiger partial charge in [-0.25, -0.2) is 8.42 Å². The molecule has 0 saturated carbocycles. The molecule has 0 aliphatic heterocycles. The molecule has 0 aliphatic carbocycles. The molecule has 3 rings (SSSR count). The molecular weight excluding hydrogens is 478 g/mol. The predicted octanol–water partition coefficient (Wildman–Crippen LogP) is 3.36. The smallest absolute Gasteiger partial charge is 0.264 e. The van der Waals surface area contributed by atoms with E-state index in [1.165, 1.54) is 24.1 Å². The molecule has 36 heavy (non-hydrogen) atoms. The number of aryl methyl sites for hydroxylation is 1. The van der Waals surface area contributed by atoms with Crippen molar-refractivity contribution in [3.05, 3.63) is 90.0 Å². The average Bonchev–Trinajstić information content (AvgIpc) is 2.90. The first-order chi connectivity index (χ1) is 17.2. The largest absolute Gasteiger partial charge is 0.497 e. The lowest BCUT2D eigenvalue weighted by Gasteiger charge is -2.32. The number of anilines is 1. The number of hydrogen-bond acceptors (Lipinski definition) is 5. The first kappa shape index (κ1) is 26.7. The fraction of sp³-hybridized carbons (Fsp3) is 0.259. The molecule has 0 spiro atoms. The number of sulfonamides is 1. The number of methoxy groups -OCH3 is 1. The van der Waals surface area contributed by atoms with Crippen LogP contribution in [0, 0.1) is 6.92 Å². The van der Waals surface area contributed by atoms with Gasteiger partial charge in [0.05, 0.1) is 17.7 Å². The normalized spacial score (nSPS) is 11.9. The third kappa shape index (κ3) is 6.23. The van der Waals surface area contributed by atoms with E-state index in [4.69, 9.17) is 4.74 Å². The number of nitrogens with one attached hydrogen (secondary N) is 1. The van der Waals surface area contributed by atoms with E-state index < -0.39 is 28.5 Å². The number of likely N-dealkylation sites (N-methyl/N-ethyl adjacent to an activating group) is 1. The highest BCUT2D eigenvalue weighted by molar-refractivity contribution is 7.92. The summed E-state index contributed by atoms with van der Waals surface area (Å²) in [6, 6.07) is 21.2. The molecule has 0 fully saturated rings. The van der Waals surface area contributed by atoms with Gasteiger partial charge in [-0.1, -0.05) is 42.5 Å². The van der Waals surface area contributed by atoms with Gasteiger partial charge in [-0.2, -0.15) is 0 Å². The Labute approximate surface area is 212 Å². The molecule has 3 aromatic rings. The molecular formula is C27H31N3O5S. The summed E-state index contributed by atoms with van der Waals surface area (Å²) in [5.74, 6) is -0.205. The highest BCUT2D eigenvalue weighted by Crippen LogP contribution is 2.25. The van der Waals surface area contributed by atoms with Gasteiger partial charge in [-0.05, 0) is 61.4 Å². The number of benzene rings is 3. The SMILES string of the molecule is CNC(=O)[C@@H](C)N(Cc1ccc(OC)cc1)C(=O)CN(c1cccc(C)c1)S(=O)(=O)c1ccccc1. The maximum absolute atomic E-state index is 13.7. The quantitative estimate of drug-likeness (QED) is 0.452. The van der Waals surface area contributed by atoms with E-state index in [-0.39, 0.29) is 17.3 Å². The van der Waals surface area contributed by atoms with Crippen LogP contribution in [0.2, 0.25) is 0 Å². The van der Waals surface area contributed by atoms with Gasteiger partial charge in [-0.15, -0.1) is 0 Å². The van der Waals surface area contributed by atoms with Gasteiger partial charge in [0.25, 0.3) is 10.0 Å². The second kappa shape index (κ2) is 11.7. The van der Waals surface area contributed by atoms with E-state index in [0.29, 0.717) is 11.4 Å². The zero-order valence-electron chi connectivity index (χ0n) is 20.8. The number of amides is 2. The lowest BCUT2D eigenvalue weighted by molar-refractivity contribution is -0.139. The Kier molecular flexibility index (Phi) is 8.71. The molecule has 0 bridgehead atoms. The second-order valence-corrected chi connectivity index (χ2v) is 10.2. The Morgan fingerprint density at radius 3 is 2.22 bits per heavy atom. The number of nitrogens with zero attached hydrogens (tertiary/aromatic N) is 2. The van der Waals surface area contributed by atoms with E-state index >= 15 is 0 Å². The Morgan fingerprint density at radius 2 is 1.64 bits per heavy atom. The summed E-state index contributed by atoms with van der Waals surface area (Å²) in [5, 5.41) is 2.57. The van der Waals surface area contributed by atoms with Crippen molar-refractivity contribution in [2.45, 2.75) is 31.3 Å². The van der Waals surface area contributed by atoms with Crippen LogP contribution in [0.1, 0.15) is 18.1 Å². The fourth-order valence-electron chi connectivity index (χ4n) is 3.75. The summed E-state index contributed by atoms with van der Waals surface area (Å²) in [6.07, 6.45) is 0. The zero-order valence-corrected chi connectivity index (χ0v) is 21.7. The monoisotopic (exact) mass is 509 g/mol. The molecule has 0 aliphatic rings. The van der Waals surface area contributed by atoms with E-state index in [9.17, 15) is 18.0 Å². The standard InChI is InChI=1S/C27H31N3O5S/c1-20-9-8-10-23(17-20)30(36(33,34)25-11-6-5-7-12-25)19-26(31)29(21(2)27(32)28-3)18-22-13-15-24(35-4)16-14-22/h5-17,21H,18-19H2,1-4H3,(H,28,32)/t21-/m1/s1. The zero-order chi connectivity index (χ0) is 26.3. The van der Waals surface area contributed by atoms with Crippen LogP contribution in [0.5, 0.6) is 5.75 Å². The first-order valence-electron chi connectivity index (χ1n) is 11.5. The average molecular weight is 510 g/mol. The van der Waals surface area contributed by atoms with Crippen molar-refractivity contribution < 1.29 is 22.7 Å². The molecule has 0 saturated heterocycles. The topological polar surface area (TPSA) is 96.0 Å². The van der Waals surface area contributed by atoms with Crippen molar-refractivity contribution in [3.63, 3.8) is 0 Å². The van der Waals surface area contributed by atoms with Crippen molar-refractivity contribution in [1.82, 2.24) is 10.2 Å². The van der Waals surface area contributed by atoms with Gasteiger partial charge < -0.3 is 15.0 Å². The summed E-state index contributed by atoms with van der Waals surface area (Å²) in [6.45, 7) is 3.11. The number of hydrogen-bond donors (Lipinski definition) is 1. The third-order valence-corrected chi connectivity index (χ3v) is 7.61.